The lowest BCUT2D eigenvalue weighted by Gasteiger charge is -2.12. The fraction of sp³-hybridized carbons (Fsp3) is 0.571. The molecule has 1 rings (SSSR count). The van der Waals surface area contributed by atoms with Gasteiger partial charge in [-0.25, -0.2) is 0 Å². The minimum Gasteiger partial charge on any atom is -0.317 e. The largest absolute Gasteiger partial charge is 0.317 e. The van der Waals surface area contributed by atoms with Gasteiger partial charge in [0.25, 0.3) is 0 Å². The van der Waals surface area contributed by atoms with Gasteiger partial charge in [0.1, 0.15) is 0 Å². The Labute approximate surface area is 93.9 Å². The van der Waals surface area contributed by atoms with Crippen LogP contribution in [0.4, 0.5) is 0 Å². The molecule has 1 aromatic rings. The van der Waals surface area contributed by atoms with Gasteiger partial charge in [-0.15, -0.1) is 0 Å². The van der Waals surface area contributed by atoms with Crippen LogP contribution in [0.1, 0.15) is 44.2 Å². The average molecular weight is 205 g/mol. The zero-order valence-corrected chi connectivity index (χ0v) is 10.4. The molecule has 1 nitrogen and oxygen atoms in total. The Balaban J connectivity index is 2.64. The van der Waals surface area contributed by atoms with Crippen LogP contribution in [0.25, 0.3) is 0 Å². The molecule has 0 aliphatic rings. The molecule has 0 amide bonds. The number of hydrogen-bond donors (Lipinski definition) is 1. The van der Waals surface area contributed by atoms with E-state index in [2.05, 4.69) is 50.4 Å². The Kier molecular flexibility index (Phi) is 4.83. The van der Waals surface area contributed by atoms with E-state index in [1.807, 2.05) is 7.05 Å². The molecule has 0 saturated carbocycles. The third-order valence-corrected chi connectivity index (χ3v) is 3.20. The van der Waals surface area contributed by atoms with E-state index in [1.54, 1.807) is 0 Å². The molecule has 0 heterocycles. The molecule has 2 atom stereocenters. The van der Waals surface area contributed by atoms with E-state index in [4.69, 9.17) is 0 Å². The van der Waals surface area contributed by atoms with Crippen LogP contribution in [0.2, 0.25) is 0 Å². The van der Waals surface area contributed by atoms with E-state index in [9.17, 15) is 0 Å². The van der Waals surface area contributed by atoms with Crippen LogP contribution in [0, 0.1) is 0 Å². The van der Waals surface area contributed by atoms with Gasteiger partial charge in [0.15, 0.2) is 0 Å². The average Bonchev–Trinajstić information content (AvgIpc) is 2.29. The number of hydrogen-bond acceptors (Lipinski definition) is 1. The van der Waals surface area contributed by atoms with Crippen LogP contribution in [0.15, 0.2) is 24.3 Å². The van der Waals surface area contributed by atoms with E-state index < -0.39 is 0 Å². The maximum Gasteiger partial charge on any atom is 0.00761 e. The van der Waals surface area contributed by atoms with Gasteiger partial charge < -0.3 is 5.32 Å². The van der Waals surface area contributed by atoms with Crippen molar-refractivity contribution < 1.29 is 0 Å². The highest BCUT2D eigenvalue weighted by Gasteiger charge is 2.04. The first kappa shape index (κ1) is 12.3. The molecule has 0 saturated heterocycles. The molecule has 0 aliphatic heterocycles. The second kappa shape index (κ2) is 5.92. The molecule has 84 valence electrons. The standard InChI is InChI=1S/C14H23N/c1-5-11(2)14-8-6-13(7-9-14)10-12(3)15-4/h6-9,11-12,15H,5,10H2,1-4H3. The summed E-state index contributed by atoms with van der Waals surface area (Å²) >= 11 is 0. The SMILES string of the molecule is CCC(C)c1ccc(CC(C)NC)cc1. The van der Waals surface area contributed by atoms with Gasteiger partial charge in [-0.3, -0.25) is 0 Å². The van der Waals surface area contributed by atoms with E-state index in [0.29, 0.717) is 12.0 Å². The molecular weight excluding hydrogens is 182 g/mol. The zero-order valence-electron chi connectivity index (χ0n) is 10.4. The summed E-state index contributed by atoms with van der Waals surface area (Å²) in [5.41, 5.74) is 2.88. The van der Waals surface area contributed by atoms with Crippen LogP contribution in [0.5, 0.6) is 0 Å². The van der Waals surface area contributed by atoms with Gasteiger partial charge in [-0.2, -0.15) is 0 Å². The molecule has 0 spiro atoms. The van der Waals surface area contributed by atoms with Gasteiger partial charge in [0.2, 0.25) is 0 Å². The number of nitrogens with one attached hydrogen (secondary N) is 1. The van der Waals surface area contributed by atoms with E-state index in [-0.39, 0.29) is 0 Å². The molecule has 0 aliphatic carbocycles. The third kappa shape index (κ3) is 3.67. The Morgan fingerprint density at radius 3 is 2.20 bits per heavy atom. The Morgan fingerprint density at radius 2 is 1.73 bits per heavy atom. The van der Waals surface area contributed by atoms with Gasteiger partial charge >= 0.3 is 0 Å². The molecule has 0 aromatic heterocycles. The van der Waals surface area contributed by atoms with Crippen LogP contribution >= 0.6 is 0 Å². The molecule has 0 radical (unpaired) electrons. The summed E-state index contributed by atoms with van der Waals surface area (Å²) in [6.45, 7) is 6.73. The Morgan fingerprint density at radius 1 is 1.13 bits per heavy atom. The van der Waals surface area contributed by atoms with Crippen molar-refractivity contribution in [2.45, 2.75) is 45.6 Å². The van der Waals surface area contributed by atoms with Crippen LogP contribution < -0.4 is 5.32 Å². The Bertz CT molecular complexity index is 276. The lowest BCUT2D eigenvalue weighted by atomic mass is 9.96. The van der Waals surface area contributed by atoms with Crippen molar-refractivity contribution in [2.24, 2.45) is 0 Å². The van der Waals surface area contributed by atoms with Crippen LogP contribution in [-0.4, -0.2) is 13.1 Å². The second-order valence-corrected chi connectivity index (χ2v) is 4.44. The highest BCUT2D eigenvalue weighted by Crippen LogP contribution is 2.19. The van der Waals surface area contributed by atoms with Gasteiger partial charge in [0, 0.05) is 6.04 Å². The molecule has 0 bridgehead atoms. The second-order valence-electron chi connectivity index (χ2n) is 4.44. The molecular formula is C14H23N. The highest BCUT2D eigenvalue weighted by atomic mass is 14.8. The molecule has 1 aromatic carbocycles. The first-order chi connectivity index (χ1) is 7.17. The molecule has 1 heteroatoms. The number of rotatable bonds is 5. The number of benzene rings is 1. The summed E-state index contributed by atoms with van der Waals surface area (Å²) in [5.74, 6) is 0.681. The van der Waals surface area contributed by atoms with Crippen LogP contribution in [-0.2, 0) is 6.42 Å². The summed E-state index contributed by atoms with van der Waals surface area (Å²) in [6, 6.07) is 9.61. The Hall–Kier alpha value is -0.820. The van der Waals surface area contributed by atoms with E-state index >= 15 is 0 Å². The van der Waals surface area contributed by atoms with Gasteiger partial charge in [-0.1, -0.05) is 38.1 Å². The first-order valence-corrected chi connectivity index (χ1v) is 5.93. The smallest absolute Gasteiger partial charge is 0.00761 e. The zero-order chi connectivity index (χ0) is 11.3. The van der Waals surface area contributed by atoms with Crippen molar-refractivity contribution >= 4 is 0 Å². The van der Waals surface area contributed by atoms with E-state index in [1.165, 1.54) is 17.5 Å². The fourth-order valence-corrected chi connectivity index (χ4v) is 1.67. The van der Waals surface area contributed by atoms with Crippen LogP contribution in [0.3, 0.4) is 0 Å². The number of likely N-dealkylation sites (N-methyl/N-ethyl adjacent to an activating group) is 1. The summed E-state index contributed by atoms with van der Waals surface area (Å²) in [7, 11) is 2.01. The van der Waals surface area contributed by atoms with Crippen molar-refractivity contribution in [1.82, 2.24) is 5.32 Å². The molecule has 15 heavy (non-hydrogen) atoms. The molecule has 0 fully saturated rings. The summed E-state index contributed by atoms with van der Waals surface area (Å²) in [6.07, 6.45) is 2.32. The van der Waals surface area contributed by atoms with Crippen molar-refractivity contribution in [3.05, 3.63) is 35.4 Å². The predicted octanol–water partition coefficient (Wildman–Crippen LogP) is 3.35. The third-order valence-electron chi connectivity index (χ3n) is 3.20. The summed E-state index contributed by atoms with van der Waals surface area (Å²) < 4.78 is 0. The summed E-state index contributed by atoms with van der Waals surface area (Å²) in [4.78, 5) is 0. The molecule has 2 unspecified atom stereocenters. The lowest BCUT2D eigenvalue weighted by molar-refractivity contribution is 0.608. The topological polar surface area (TPSA) is 12.0 Å². The lowest BCUT2D eigenvalue weighted by Crippen LogP contribution is -2.23. The normalized spacial score (nSPS) is 14.9. The predicted molar refractivity (Wildman–Crippen MR) is 67.4 cm³/mol. The molecule has 1 N–H and O–H groups in total. The van der Waals surface area contributed by atoms with Crippen molar-refractivity contribution in [3.8, 4) is 0 Å². The van der Waals surface area contributed by atoms with Gasteiger partial charge in [0.05, 0.1) is 0 Å². The van der Waals surface area contributed by atoms with Crippen molar-refractivity contribution in [2.75, 3.05) is 7.05 Å². The minimum absolute atomic E-state index is 0.555. The fourth-order valence-electron chi connectivity index (χ4n) is 1.67. The summed E-state index contributed by atoms with van der Waals surface area (Å²) in [5, 5.41) is 3.26. The highest BCUT2D eigenvalue weighted by molar-refractivity contribution is 5.25. The van der Waals surface area contributed by atoms with Crippen molar-refractivity contribution in [3.63, 3.8) is 0 Å². The minimum atomic E-state index is 0.555. The van der Waals surface area contributed by atoms with E-state index in [0.717, 1.165) is 6.42 Å². The van der Waals surface area contributed by atoms with Crippen molar-refractivity contribution in [1.29, 1.82) is 0 Å². The maximum absolute atomic E-state index is 3.26. The quantitative estimate of drug-likeness (QED) is 0.777. The monoisotopic (exact) mass is 205 g/mol. The van der Waals surface area contributed by atoms with Gasteiger partial charge in [-0.05, 0) is 43.9 Å². The first-order valence-electron chi connectivity index (χ1n) is 5.93. The maximum atomic E-state index is 3.26.